The van der Waals surface area contributed by atoms with Crippen LogP contribution in [0.1, 0.15) is 23.9 Å². The van der Waals surface area contributed by atoms with Gasteiger partial charge in [-0.25, -0.2) is 4.98 Å². The summed E-state index contributed by atoms with van der Waals surface area (Å²) in [4.78, 5) is 19.8. The molecule has 3 aromatic rings. The van der Waals surface area contributed by atoms with Crippen molar-refractivity contribution in [2.75, 3.05) is 24.6 Å². The van der Waals surface area contributed by atoms with Crippen molar-refractivity contribution in [2.45, 2.75) is 20.8 Å². The minimum absolute atomic E-state index is 0.121. The molecule has 0 aliphatic rings. The van der Waals surface area contributed by atoms with Gasteiger partial charge in [-0.2, -0.15) is 9.78 Å². The van der Waals surface area contributed by atoms with Crippen LogP contribution in [-0.2, 0) is 0 Å². The first-order valence-corrected chi connectivity index (χ1v) is 9.40. The number of aliphatic hydroxyl groups is 1. The zero-order valence-electron chi connectivity index (χ0n) is 15.1. The Morgan fingerprint density at radius 2 is 2.15 bits per heavy atom. The van der Waals surface area contributed by atoms with Crippen molar-refractivity contribution in [1.29, 1.82) is 0 Å². The molecule has 2 aromatic heterocycles. The standard InChI is InChI=1S/C19H22N4O2S/c1-4-22(8-9-24)16-6-5-15(13(2)11-16)12-20-23-14(3)21-18-17(19(23)25)7-10-26-18/h5-7,10-12,24H,4,8-9H2,1-3H3/b20-12-. The smallest absolute Gasteiger partial charge is 0.282 e. The van der Waals surface area contributed by atoms with Crippen molar-refractivity contribution in [2.24, 2.45) is 5.10 Å². The van der Waals surface area contributed by atoms with Crippen LogP contribution >= 0.6 is 11.3 Å². The van der Waals surface area contributed by atoms with Gasteiger partial charge >= 0.3 is 0 Å². The highest BCUT2D eigenvalue weighted by Crippen LogP contribution is 2.18. The van der Waals surface area contributed by atoms with E-state index in [0.717, 1.165) is 28.2 Å². The van der Waals surface area contributed by atoms with Crippen LogP contribution in [0.2, 0.25) is 0 Å². The van der Waals surface area contributed by atoms with Crippen molar-refractivity contribution >= 4 is 33.5 Å². The van der Waals surface area contributed by atoms with E-state index in [9.17, 15) is 9.90 Å². The Labute approximate surface area is 156 Å². The van der Waals surface area contributed by atoms with Gasteiger partial charge in [-0.15, -0.1) is 11.3 Å². The lowest BCUT2D eigenvalue weighted by molar-refractivity contribution is 0.302. The number of hydrogen-bond donors (Lipinski definition) is 1. The topological polar surface area (TPSA) is 70.7 Å². The minimum Gasteiger partial charge on any atom is -0.395 e. The first-order chi connectivity index (χ1) is 12.5. The second-order valence-electron chi connectivity index (χ2n) is 6.00. The van der Waals surface area contributed by atoms with Crippen LogP contribution < -0.4 is 10.5 Å². The molecular weight excluding hydrogens is 348 g/mol. The summed E-state index contributed by atoms with van der Waals surface area (Å²) in [5.74, 6) is 0.565. The molecule has 26 heavy (non-hydrogen) atoms. The van der Waals surface area contributed by atoms with Gasteiger partial charge in [0.25, 0.3) is 5.56 Å². The van der Waals surface area contributed by atoms with Crippen LogP contribution in [0.25, 0.3) is 10.2 Å². The molecule has 0 bridgehead atoms. The Kier molecular flexibility index (Phi) is 5.49. The molecular formula is C19H22N4O2S. The summed E-state index contributed by atoms with van der Waals surface area (Å²) in [6.45, 7) is 7.40. The van der Waals surface area contributed by atoms with Crippen molar-refractivity contribution in [3.8, 4) is 0 Å². The van der Waals surface area contributed by atoms with E-state index >= 15 is 0 Å². The normalized spacial score (nSPS) is 11.5. The Morgan fingerprint density at radius 3 is 2.85 bits per heavy atom. The largest absolute Gasteiger partial charge is 0.395 e. The highest BCUT2D eigenvalue weighted by atomic mass is 32.1. The summed E-state index contributed by atoms with van der Waals surface area (Å²) < 4.78 is 1.34. The van der Waals surface area contributed by atoms with Crippen molar-refractivity contribution in [3.05, 3.63) is 57.0 Å². The van der Waals surface area contributed by atoms with Gasteiger partial charge in [0.05, 0.1) is 18.2 Å². The fourth-order valence-corrected chi connectivity index (χ4v) is 3.65. The number of aliphatic hydroxyl groups excluding tert-OH is 1. The molecule has 0 radical (unpaired) electrons. The molecule has 0 saturated carbocycles. The SMILES string of the molecule is CCN(CCO)c1ccc(/C=N\n2c(C)nc3sccc3c2=O)c(C)c1. The number of fused-ring (bicyclic) bond motifs is 1. The lowest BCUT2D eigenvalue weighted by atomic mass is 10.1. The van der Waals surface area contributed by atoms with Crippen LogP contribution in [0, 0.1) is 13.8 Å². The summed E-state index contributed by atoms with van der Waals surface area (Å²) in [5, 5.41) is 16.0. The van der Waals surface area contributed by atoms with Crippen LogP contribution in [0.3, 0.4) is 0 Å². The number of aromatic nitrogens is 2. The third kappa shape index (κ3) is 3.54. The number of rotatable bonds is 6. The molecule has 6 nitrogen and oxygen atoms in total. The summed E-state index contributed by atoms with van der Waals surface area (Å²) >= 11 is 1.45. The maximum Gasteiger partial charge on any atom is 0.282 e. The average molecular weight is 370 g/mol. The summed E-state index contributed by atoms with van der Waals surface area (Å²) in [6.07, 6.45) is 1.69. The van der Waals surface area contributed by atoms with E-state index in [0.29, 0.717) is 17.8 Å². The highest BCUT2D eigenvalue weighted by molar-refractivity contribution is 7.16. The predicted molar refractivity (Wildman–Crippen MR) is 108 cm³/mol. The summed E-state index contributed by atoms with van der Waals surface area (Å²) in [5.41, 5.74) is 2.90. The number of aryl methyl sites for hydroxylation is 2. The van der Waals surface area contributed by atoms with Gasteiger partial charge in [-0.1, -0.05) is 6.07 Å². The van der Waals surface area contributed by atoms with Crippen LogP contribution in [0.15, 0.2) is 39.5 Å². The third-order valence-corrected chi connectivity index (χ3v) is 5.13. The van der Waals surface area contributed by atoms with Gasteiger partial charge in [-0.3, -0.25) is 4.79 Å². The maximum absolute atomic E-state index is 12.6. The number of anilines is 1. The molecule has 0 amide bonds. The van der Waals surface area contributed by atoms with Gasteiger partial charge < -0.3 is 10.0 Å². The van der Waals surface area contributed by atoms with E-state index < -0.39 is 0 Å². The number of thiophene rings is 1. The van der Waals surface area contributed by atoms with E-state index in [-0.39, 0.29) is 12.2 Å². The lowest BCUT2D eigenvalue weighted by Gasteiger charge is -2.22. The molecule has 0 aliphatic carbocycles. The maximum atomic E-state index is 12.6. The molecule has 3 rings (SSSR count). The fourth-order valence-electron chi connectivity index (χ4n) is 2.85. The third-order valence-electron chi connectivity index (χ3n) is 4.32. The molecule has 0 unspecified atom stereocenters. The summed E-state index contributed by atoms with van der Waals surface area (Å²) in [7, 11) is 0. The van der Waals surface area contributed by atoms with Gasteiger partial charge in [0, 0.05) is 18.8 Å². The quantitative estimate of drug-likeness (QED) is 0.678. The Bertz CT molecular complexity index is 1010. The van der Waals surface area contributed by atoms with E-state index in [2.05, 4.69) is 28.0 Å². The minimum atomic E-state index is -0.153. The van der Waals surface area contributed by atoms with E-state index in [1.54, 1.807) is 19.2 Å². The Hall–Kier alpha value is -2.51. The van der Waals surface area contributed by atoms with Crippen molar-refractivity contribution in [1.82, 2.24) is 9.66 Å². The molecule has 136 valence electrons. The van der Waals surface area contributed by atoms with Crippen LogP contribution in [0.4, 0.5) is 5.69 Å². The van der Waals surface area contributed by atoms with Crippen LogP contribution in [-0.4, -0.2) is 40.7 Å². The van der Waals surface area contributed by atoms with Gasteiger partial charge in [0.15, 0.2) is 0 Å². The Balaban J connectivity index is 1.93. The molecule has 7 heteroatoms. The molecule has 0 saturated heterocycles. The first kappa shape index (κ1) is 18.3. The average Bonchev–Trinajstić information content (AvgIpc) is 3.09. The van der Waals surface area contributed by atoms with Crippen LogP contribution in [0.5, 0.6) is 0 Å². The second kappa shape index (κ2) is 7.80. The molecule has 1 aromatic carbocycles. The van der Waals surface area contributed by atoms with Gasteiger partial charge in [0.1, 0.15) is 10.7 Å². The van der Waals surface area contributed by atoms with E-state index in [1.165, 1.54) is 16.0 Å². The molecule has 2 heterocycles. The molecule has 0 aliphatic heterocycles. The number of nitrogens with zero attached hydrogens (tertiary/aromatic N) is 4. The van der Waals surface area contributed by atoms with Gasteiger partial charge in [0.2, 0.25) is 0 Å². The first-order valence-electron chi connectivity index (χ1n) is 8.52. The van der Waals surface area contributed by atoms with Crippen molar-refractivity contribution in [3.63, 3.8) is 0 Å². The molecule has 1 N–H and O–H groups in total. The zero-order valence-corrected chi connectivity index (χ0v) is 16.0. The molecule has 0 spiro atoms. The number of hydrogen-bond acceptors (Lipinski definition) is 6. The molecule has 0 fully saturated rings. The number of benzene rings is 1. The number of likely N-dealkylation sites (N-methyl/N-ethyl adjacent to an activating group) is 1. The predicted octanol–water partition coefficient (Wildman–Crippen LogP) is 2.78. The second-order valence-corrected chi connectivity index (χ2v) is 6.90. The van der Waals surface area contributed by atoms with E-state index in [4.69, 9.17) is 0 Å². The molecule has 0 atom stereocenters. The fraction of sp³-hybridized carbons (Fsp3) is 0.316. The van der Waals surface area contributed by atoms with E-state index in [1.807, 2.05) is 24.4 Å². The lowest BCUT2D eigenvalue weighted by Crippen LogP contribution is -2.26. The van der Waals surface area contributed by atoms with Crippen molar-refractivity contribution < 1.29 is 5.11 Å². The summed E-state index contributed by atoms with van der Waals surface area (Å²) in [6, 6.07) is 7.83. The highest BCUT2D eigenvalue weighted by Gasteiger charge is 2.09. The Morgan fingerprint density at radius 1 is 1.35 bits per heavy atom. The van der Waals surface area contributed by atoms with Gasteiger partial charge in [-0.05, 0) is 55.5 Å². The zero-order chi connectivity index (χ0) is 18.7. The monoisotopic (exact) mass is 370 g/mol.